The molecule has 0 aromatic rings. The summed E-state index contributed by atoms with van der Waals surface area (Å²) in [6.45, 7) is 4.36. The third-order valence-electron chi connectivity index (χ3n) is 1.07. The van der Waals surface area contributed by atoms with Gasteiger partial charge in [-0.3, -0.25) is 0 Å². The zero-order chi connectivity index (χ0) is 7.28. The van der Waals surface area contributed by atoms with E-state index in [1.165, 1.54) is 12.8 Å². The zero-order valence-electron chi connectivity index (χ0n) is 5.98. The first-order valence-corrected chi connectivity index (χ1v) is 5.38. The van der Waals surface area contributed by atoms with Gasteiger partial charge in [0.1, 0.15) is 0 Å². The fourth-order valence-electron chi connectivity index (χ4n) is 0.391. The monoisotopic (exact) mass is 172 g/mol. The van der Waals surface area contributed by atoms with Gasteiger partial charge in [0.25, 0.3) is 0 Å². The van der Waals surface area contributed by atoms with E-state index in [0.29, 0.717) is 9.75 Å². The molecule has 2 unspecified atom stereocenters. The minimum absolute atomic E-state index is 0.604. The highest BCUT2D eigenvalue weighted by Crippen LogP contribution is 2.17. The van der Waals surface area contributed by atoms with E-state index in [2.05, 4.69) is 34.3 Å². The molecule has 50 valence electrons. The first-order chi connectivity index (χ1) is 4.20. The Morgan fingerprint density at radius 3 is 1.67 bits per heavy atom. The average molecular weight is 172 g/mol. The van der Waals surface area contributed by atoms with Gasteiger partial charge in [-0.25, -0.2) is 0 Å². The Bertz CT molecular complexity index is 60.1. The van der Waals surface area contributed by atoms with Gasteiger partial charge in [0, 0.05) is 20.5 Å². The van der Waals surface area contributed by atoms with Crippen molar-refractivity contribution in [3.63, 3.8) is 0 Å². The van der Waals surface area contributed by atoms with Crippen LogP contribution in [-0.2, 0) is 0 Å². The maximum atomic E-state index is 3.60. The van der Waals surface area contributed by atoms with Crippen LogP contribution < -0.4 is 0 Å². The highest BCUT2D eigenvalue weighted by molar-refractivity contribution is 8.02. The fraction of sp³-hybridized carbons (Fsp3) is 1.00. The third kappa shape index (κ3) is 5.24. The molecule has 0 fully saturated rings. The Labute approximate surface area is 69.0 Å². The van der Waals surface area contributed by atoms with Gasteiger partial charge < -0.3 is 0 Å². The van der Waals surface area contributed by atoms with Gasteiger partial charge in [-0.05, 0) is 22.6 Å². The molecule has 9 heavy (non-hydrogen) atoms. The normalized spacial score (nSPS) is 17.3. The maximum absolute atomic E-state index is 3.60. The van der Waals surface area contributed by atoms with Crippen LogP contribution in [0.2, 0.25) is 0 Å². The minimum Gasteiger partial charge on any atom is -0.163 e. The second-order valence-corrected chi connectivity index (χ2v) is 5.57. The van der Waals surface area contributed by atoms with Crippen LogP contribution in [0.5, 0.6) is 0 Å². The lowest BCUT2D eigenvalue weighted by Gasteiger charge is -2.12. The quantitative estimate of drug-likeness (QED) is 0.580. The lowest BCUT2D eigenvalue weighted by molar-refractivity contribution is 1.01. The molecule has 0 saturated carbocycles. The number of thioether (sulfide) groups is 1. The van der Waals surface area contributed by atoms with Crippen molar-refractivity contribution in [1.29, 1.82) is 0 Å². The van der Waals surface area contributed by atoms with Crippen LogP contribution in [-0.4, -0.2) is 30.2 Å². The molecule has 0 saturated heterocycles. The van der Waals surface area contributed by atoms with Gasteiger partial charge in [0.15, 0.2) is 0 Å². The molecule has 0 aliphatic heterocycles. The second kappa shape index (κ2) is 5.56. The molecule has 3 heteroatoms. The van der Waals surface area contributed by atoms with Crippen LogP contribution >= 0.6 is 11.8 Å². The standard InChI is InChI=1S/C6H12SSi2/c1-3-5(8)7-6(9)4-2/h5-6H,3-4H2,1-2H3. The molecule has 0 amide bonds. The summed E-state index contributed by atoms with van der Waals surface area (Å²) in [6, 6.07) is 0. The van der Waals surface area contributed by atoms with Gasteiger partial charge in [-0.15, -0.1) is 0 Å². The molecular weight excluding hydrogens is 160 g/mol. The molecule has 6 radical (unpaired) electrons. The SMILES string of the molecule is CCC([Si])SC([Si])CC. The highest BCUT2D eigenvalue weighted by Gasteiger charge is 2.04. The Kier molecular flexibility index (Phi) is 6.04. The van der Waals surface area contributed by atoms with E-state index in [9.17, 15) is 0 Å². The zero-order valence-corrected chi connectivity index (χ0v) is 8.79. The maximum Gasteiger partial charge on any atom is 0.0414 e. The molecule has 2 atom stereocenters. The molecule has 0 aliphatic carbocycles. The summed E-state index contributed by atoms with van der Waals surface area (Å²) in [6.07, 6.45) is 2.37. The van der Waals surface area contributed by atoms with E-state index < -0.39 is 0 Å². The minimum atomic E-state index is 0.604. The van der Waals surface area contributed by atoms with E-state index >= 15 is 0 Å². The summed E-state index contributed by atoms with van der Waals surface area (Å²) in [4.78, 5) is 1.21. The predicted octanol–water partition coefficient (Wildman–Crippen LogP) is 1.53. The first kappa shape index (κ1) is 9.78. The van der Waals surface area contributed by atoms with E-state index in [1.807, 2.05) is 11.8 Å². The summed E-state index contributed by atoms with van der Waals surface area (Å²) in [7, 11) is 7.19. The molecular formula is C6H12SSi2. The molecule has 0 N–H and O–H groups in total. The van der Waals surface area contributed by atoms with Crippen LogP contribution in [0.15, 0.2) is 0 Å². The summed E-state index contributed by atoms with van der Waals surface area (Å²) in [5, 5.41) is 0. The van der Waals surface area contributed by atoms with Gasteiger partial charge in [0.2, 0.25) is 0 Å². The van der Waals surface area contributed by atoms with E-state index in [-0.39, 0.29) is 0 Å². The second-order valence-electron chi connectivity index (χ2n) is 1.93. The van der Waals surface area contributed by atoms with Crippen molar-refractivity contribution in [1.82, 2.24) is 0 Å². The topological polar surface area (TPSA) is 0 Å². The van der Waals surface area contributed by atoms with Crippen molar-refractivity contribution in [2.75, 3.05) is 0 Å². The van der Waals surface area contributed by atoms with Gasteiger partial charge in [-0.1, -0.05) is 13.8 Å². The fourth-order valence-corrected chi connectivity index (χ4v) is 2.57. The molecule has 0 spiro atoms. The Morgan fingerprint density at radius 1 is 1.11 bits per heavy atom. The number of rotatable bonds is 4. The van der Waals surface area contributed by atoms with Crippen molar-refractivity contribution in [3.8, 4) is 0 Å². The number of hydrogen-bond acceptors (Lipinski definition) is 1. The summed E-state index contributed by atoms with van der Waals surface area (Å²) >= 11 is 1.93. The molecule has 0 aromatic heterocycles. The van der Waals surface area contributed by atoms with Crippen molar-refractivity contribution in [2.24, 2.45) is 0 Å². The molecule has 0 aliphatic rings. The lowest BCUT2D eigenvalue weighted by atomic mass is 10.6. The summed E-state index contributed by atoms with van der Waals surface area (Å²) in [5.41, 5.74) is 0. The molecule has 0 nitrogen and oxygen atoms in total. The molecule has 0 aromatic carbocycles. The number of hydrogen-bond donors (Lipinski definition) is 0. The summed E-state index contributed by atoms with van der Waals surface area (Å²) in [5.74, 6) is 0. The Hall–Kier alpha value is 0.784. The van der Waals surface area contributed by atoms with Crippen molar-refractivity contribution in [2.45, 2.75) is 36.4 Å². The van der Waals surface area contributed by atoms with Crippen molar-refractivity contribution >= 4 is 32.2 Å². The van der Waals surface area contributed by atoms with Gasteiger partial charge in [-0.2, -0.15) is 11.8 Å². The predicted molar refractivity (Wildman–Crippen MR) is 47.3 cm³/mol. The Morgan fingerprint density at radius 2 is 1.44 bits per heavy atom. The van der Waals surface area contributed by atoms with Crippen molar-refractivity contribution < 1.29 is 0 Å². The largest absolute Gasteiger partial charge is 0.163 e. The van der Waals surface area contributed by atoms with Gasteiger partial charge in [0.05, 0.1) is 0 Å². The van der Waals surface area contributed by atoms with Crippen LogP contribution in [0, 0.1) is 0 Å². The third-order valence-corrected chi connectivity index (χ3v) is 4.03. The molecule has 0 heterocycles. The highest BCUT2D eigenvalue weighted by atomic mass is 32.2. The van der Waals surface area contributed by atoms with Crippen LogP contribution in [0.1, 0.15) is 26.7 Å². The smallest absolute Gasteiger partial charge is 0.0414 e. The van der Waals surface area contributed by atoms with Crippen LogP contribution in [0.25, 0.3) is 0 Å². The van der Waals surface area contributed by atoms with Crippen molar-refractivity contribution in [3.05, 3.63) is 0 Å². The van der Waals surface area contributed by atoms with E-state index in [0.717, 1.165) is 0 Å². The first-order valence-electron chi connectivity index (χ1n) is 3.28. The van der Waals surface area contributed by atoms with Gasteiger partial charge >= 0.3 is 0 Å². The average Bonchev–Trinajstić information content (AvgIpc) is 1.87. The lowest BCUT2D eigenvalue weighted by Crippen LogP contribution is -2.08. The van der Waals surface area contributed by atoms with Crippen LogP contribution in [0.3, 0.4) is 0 Å². The summed E-state index contributed by atoms with van der Waals surface area (Å²) < 4.78 is 0. The van der Waals surface area contributed by atoms with Crippen LogP contribution in [0.4, 0.5) is 0 Å². The van der Waals surface area contributed by atoms with E-state index in [4.69, 9.17) is 0 Å². The molecule has 0 bridgehead atoms. The molecule has 0 rings (SSSR count). The Balaban J connectivity index is 3.22. The van der Waals surface area contributed by atoms with E-state index in [1.54, 1.807) is 0 Å².